The molecule has 2 N–H and O–H groups in total. The molecule has 0 saturated heterocycles. The van der Waals surface area contributed by atoms with Crippen LogP contribution in [0.4, 0.5) is 0 Å². The SMILES string of the molecule is CCC(CC)(OC)C(N)Cc1cc(C)cc(C)c1. The quantitative estimate of drug-likeness (QED) is 0.839. The zero-order chi connectivity index (χ0) is 13.8. The Bertz CT molecular complexity index is 354. The van der Waals surface area contributed by atoms with Crippen LogP contribution in [0.25, 0.3) is 0 Å². The molecule has 0 radical (unpaired) electrons. The first-order chi connectivity index (χ1) is 8.47. The van der Waals surface area contributed by atoms with E-state index in [9.17, 15) is 0 Å². The third-order valence-electron chi connectivity index (χ3n) is 4.02. The van der Waals surface area contributed by atoms with Crippen LogP contribution >= 0.6 is 0 Å². The van der Waals surface area contributed by atoms with Crippen molar-refractivity contribution >= 4 is 0 Å². The van der Waals surface area contributed by atoms with Crippen molar-refractivity contribution in [2.45, 2.75) is 58.6 Å². The van der Waals surface area contributed by atoms with Crippen LogP contribution in [0.1, 0.15) is 43.4 Å². The molecule has 0 amide bonds. The summed E-state index contributed by atoms with van der Waals surface area (Å²) in [5.74, 6) is 0. The number of aryl methyl sites for hydroxylation is 2. The lowest BCUT2D eigenvalue weighted by molar-refractivity contribution is -0.0374. The Morgan fingerprint density at radius 2 is 1.61 bits per heavy atom. The normalized spacial score (nSPS) is 13.7. The number of rotatable bonds is 6. The van der Waals surface area contributed by atoms with Crippen molar-refractivity contribution in [2.24, 2.45) is 5.73 Å². The zero-order valence-electron chi connectivity index (χ0n) is 12.4. The molecule has 0 aliphatic carbocycles. The van der Waals surface area contributed by atoms with Crippen LogP contribution in [-0.2, 0) is 11.2 Å². The molecule has 0 aliphatic heterocycles. The first-order valence-electron chi connectivity index (χ1n) is 6.85. The standard InChI is InChI=1S/C16H27NO/c1-6-16(7-2,18-5)15(17)11-14-9-12(3)8-13(4)10-14/h8-10,15H,6-7,11,17H2,1-5H3. The van der Waals surface area contributed by atoms with E-state index in [1.165, 1.54) is 16.7 Å². The fourth-order valence-electron chi connectivity index (χ4n) is 2.84. The third kappa shape index (κ3) is 3.33. The molecule has 2 heteroatoms. The predicted molar refractivity (Wildman–Crippen MR) is 77.9 cm³/mol. The minimum absolute atomic E-state index is 0.0405. The van der Waals surface area contributed by atoms with Gasteiger partial charge in [0.2, 0.25) is 0 Å². The maximum atomic E-state index is 6.39. The number of benzene rings is 1. The maximum absolute atomic E-state index is 6.39. The smallest absolute Gasteiger partial charge is 0.0826 e. The molecule has 0 spiro atoms. The van der Waals surface area contributed by atoms with Gasteiger partial charge in [-0.2, -0.15) is 0 Å². The Kier molecular flexibility index (Phi) is 5.36. The van der Waals surface area contributed by atoms with E-state index in [0.717, 1.165) is 19.3 Å². The van der Waals surface area contributed by atoms with Crippen LogP contribution in [0.5, 0.6) is 0 Å². The van der Waals surface area contributed by atoms with Crippen LogP contribution in [-0.4, -0.2) is 18.8 Å². The molecule has 0 aliphatic rings. The van der Waals surface area contributed by atoms with Crippen molar-refractivity contribution in [1.82, 2.24) is 0 Å². The zero-order valence-corrected chi connectivity index (χ0v) is 12.4. The van der Waals surface area contributed by atoms with Gasteiger partial charge in [0.1, 0.15) is 0 Å². The van der Waals surface area contributed by atoms with E-state index in [1.54, 1.807) is 7.11 Å². The third-order valence-corrected chi connectivity index (χ3v) is 4.02. The first-order valence-corrected chi connectivity index (χ1v) is 6.85. The summed E-state index contributed by atoms with van der Waals surface area (Å²) in [5.41, 5.74) is 10.1. The Labute approximate surface area is 112 Å². The van der Waals surface area contributed by atoms with E-state index < -0.39 is 0 Å². The van der Waals surface area contributed by atoms with Crippen LogP contribution < -0.4 is 5.73 Å². The van der Waals surface area contributed by atoms with E-state index in [2.05, 4.69) is 45.9 Å². The largest absolute Gasteiger partial charge is 0.377 e. The molecule has 18 heavy (non-hydrogen) atoms. The van der Waals surface area contributed by atoms with Crippen molar-refractivity contribution in [3.8, 4) is 0 Å². The number of methoxy groups -OCH3 is 1. The second kappa shape index (κ2) is 6.35. The molecule has 0 fully saturated rings. The van der Waals surface area contributed by atoms with Gasteiger partial charge in [-0.25, -0.2) is 0 Å². The van der Waals surface area contributed by atoms with Crippen molar-refractivity contribution < 1.29 is 4.74 Å². The molecule has 0 bridgehead atoms. The fourth-order valence-corrected chi connectivity index (χ4v) is 2.84. The van der Waals surface area contributed by atoms with Crippen molar-refractivity contribution in [3.63, 3.8) is 0 Å². The number of hydrogen-bond donors (Lipinski definition) is 1. The van der Waals surface area contributed by atoms with Gasteiger partial charge in [0.05, 0.1) is 5.60 Å². The molecule has 102 valence electrons. The predicted octanol–water partition coefficient (Wildman–Crippen LogP) is 3.38. The van der Waals surface area contributed by atoms with Crippen LogP contribution in [0, 0.1) is 13.8 Å². The summed E-state index contributed by atoms with van der Waals surface area (Å²) in [5, 5.41) is 0. The van der Waals surface area contributed by atoms with E-state index in [-0.39, 0.29) is 11.6 Å². The lowest BCUT2D eigenvalue weighted by atomic mass is 9.84. The topological polar surface area (TPSA) is 35.2 Å². The minimum atomic E-state index is -0.197. The molecule has 0 aromatic heterocycles. The van der Waals surface area contributed by atoms with Crippen LogP contribution in [0.2, 0.25) is 0 Å². The Morgan fingerprint density at radius 3 is 2.00 bits per heavy atom. The van der Waals surface area contributed by atoms with Gasteiger partial charge in [-0.15, -0.1) is 0 Å². The monoisotopic (exact) mass is 249 g/mol. The van der Waals surface area contributed by atoms with Gasteiger partial charge >= 0.3 is 0 Å². The first kappa shape index (κ1) is 15.2. The highest BCUT2D eigenvalue weighted by Gasteiger charge is 2.33. The highest BCUT2D eigenvalue weighted by atomic mass is 16.5. The summed E-state index contributed by atoms with van der Waals surface area (Å²) in [4.78, 5) is 0. The van der Waals surface area contributed by atoms with E-state index in [4.69, 9.17) is 10.5 Å². The molecule has 1 aromatic rings. The second-order valence-electron chi connectivity index (χ2n) is 5.28. The highest BCUT2D eigenvalue weighted by Crippen LogP contribution is 2.25. The van der Waals surface area contributed by atoms with E-state index in [1.807, 2.05) is 0 Å². The molecule has 1 rings (SSSR count). The average Bonchev–Trinajstić information content (AvgIpc) is 2.30. The maximum Gasteiger partial charge on any atom is 0.0826 e. The second-order valence-corrected chi connectivity index (χ2v) is 5.28. The van der Waals surface area contributed by atoms with Crippen LogP contribution in [0.15, 0.2) is 18.2 Å². The molecule has 1 unspecified atom stereocenters. The number of nitrogens with two attached hydrogens (primary N) is 1. The Hall–Kier alpha value is -0.860. The van der Waals surface area contributed by atoms with Gasteiger partial charge in [-0.1, -0.05) is 43.2 Å². The summed E-state index contributed by atoms with van der Waals surface area (Å²) in [7, 11) is 1.77. The molecule has 1 aromatic carbocycles. The molecule has 0 saturated carbocycles. The van der Waals surface area contributed by atoms with Crippen LogP contribution in [0.3, 0.4) is 0 Å². The van der Waals surface area contributed by atoms with Crippen molar-refractivity contribution in [1.29, 1.82) is 0 Å². The summed E-state index contributed by atoms with van der Waals surface area (Å²) in [6.45, 7) is 8.55. The lowest BCUT2D eigenvalue weighted by Gasteiger charge is -2.36. The van der Waals surface area contributed by atoms with Gasteiger partial charge in [0.15, 0.2) is 0 Å². The molecule has 1 atom stereocenters. The molecular weight excluding hydrogens is 222 g/mol. The van der Waals surface area contributed by atoms with Gasteiger partial charge in [-0.3, -0.25) is 0 Å². The van der Waals surface area contributed by atoms with Gasteiger partial charge in [0, 0.05) is 13.2 Å². The molecule has 0 heterocycles. The lowest BCUT2D eigenvalue weighted by Crippen LogP contribution is -2.50. The van der Waals surface area contributed by atoms with Gasteiger partial charge in [-0.05, 0) is 38.7 Å². The van der Waals surface area contributed by atoms with Crippen molar-refractivity contribution in [2.75, 3.05) is 7.11 Å². The fraction of sp³-hybridized carbons (Fsp3) is 0.625. The van der Waals surface area contributed by atoms with Crippen molar-refractivity contribution in [3.05, 3.63) is 34.9 Å². The number of hydrogen-bond acceptors (Lipinski definition) is 2. The van der Waals surface area contributed by atoms with Gasteiger partial charge in [0.25, 0.3) is 0 Å². The highest BCUT2D eigenvalue weighted by molar-refractivity contribution is 5.29. The summed E-state index contributed by atoms with van der Waals surface area (Å²) in [6.07, 6.45) is 2.77. The summed E-state index contributed by atoms with van der Waals surface area (Å²) in [6, 6.07) is 6.67. The Balaban J connectivity index is 2.88. The van der Waals surface area contributed by atoms with E-state index >= 15 is 0 Å². The summed E-state index contributed by atoms with van der Waals surface area (Å²) >= 11 is 0. The molecular formula is C16H27NO. The molecule has 2 nitrogen and oxygen atoms in total. The van der Waals surface area contributed by atoms with E-state index in [0.29, 0.717) is 0 Å². The Morgan fingerprint density at radius 1 is 1.11 bits per heavy atom. The minimum Gasteiger partial charge on any atom is -0.377 e. The average molecular weight is 249 g/mol. The number of ether oxygens (including phenoxy) is 1. The summed E-state index contributed by atoms with van der Waals surface area (Å²) < 4.78 is 5.71. The van der Waals surface area contributed by atoms with Gasteiger partial charge < -0.3 is 10.5 Å².